The number of ether oxygens (including phenoxy) is 2. The summed E-state index contributed by atoms with van der Waals surface area (Å²) in [6, 6.07) is 12.3. The van der Waals surface area contributed by atoms with E-state index in [0.717, 1.165) is 110 Å². The summed E-state index contributed by atoms with van der Waals surface area (Å²) in [6.07, 6.45) is 7.83. The third-order valence-corrected chi connectivity index (χ3v) is 10.9. The van der Waals surface area contributed by atoms with Gasteiger partial charge in [0.25, 0.3) is 0 Å². The summed E-state index contributed by atoms with van der Waals surface area (Å²) < 4.78 is 14.8. The average molecular weight is 716 g/mol. The summed E-state index contributed by atoms with van der Waals surface area (Å²) in [4.78, 5) is 31.1. The molecule has 3 aromatic heterocycles. The van der Waals surface area contributed by atoms with Gasteiger partial charge in [-0.1, -0.05) is 24.3 Å². The van der Waals surface area contributed by atoms with E-state index in [2.05, 4.69) is 66.8 Å². The number of alkyl carbamates (subject to hydrolysis) is 1. The number of halogens is 1. The zero-order valence-electron chi connectivity index (χ0n) is 27.8. The first kappa shape index (κ1) is 31.6. The van der Waals surface area contributed by atoms with Crippen molar-refractivity contribution in [3.8, 4) is 0 Å². The van der Waals surface area contributed by atoms with Crippen molar-refractivity contribution in [1.29, 1.82) is 0 Å². The Bertz CT molecular complexity index is 1840. The predicted molar refractivity (Wildman–Crippen MR) is 186 cm³/mol. The molecule has 8 rings (SSSR count). The minimum atomic E-state index is -0.606. The molecule has 6 heterocycles. The molecule has 4 aromatic rings. The van der Waals surface area contributed by atoms with Crippen molar-refractivity contribution >= 4 is 44.7 Å². The van der Waals surface area contributed by atoms with Crippen molar-refractivity contribution in [3.63, 3.8) is 0 Å². The first-order valence-corrected chi connectivity index (χ1v) is 18.1. The topological polar surface area (TPSA) is 119 Å². The zero-order valence-corrected chi connectivity index (χ0v) is 29.4. The number of nitrogens with zero attached hydrogens (tertiary/aromatic N) is 6. The molecular formula is C36H43BrN8O3. The van der Waals surface area contributed by atoms with Gasteiger partial charge < -0.3 is 25.0 Å². The summed E-state index contributed by atoms with van der Waals surface area (Å²) in [6.45, 7) is 8.88. The highest BCUT2D eigenvalue weighted by molar-refractivity contribution is 9.10. The van der Waals surface area contributed by atoms with E-state index in [1.54, 1.807) is 0 Å². The Kier molecular flexibility index (Phi) is 8.16. The Morgan fingerprint density at radius 1 is 1.08 bits per heavy atom. The van der Waals surface area contributed by atoms with E-state index in [4.69, 9.17) is 24.5 Å². The molecule has 0 bridgehead atoms. The van der Waals surface area contributed by atoms with Gasteiger partial charge in [0.05, 0.1) is 23.1 Å². The van der Waals surface area contributed by atoms with Gasteiger partial charge in [0.15, 0.2) is 23.2 Å². The molecule has 252 valence electrons. The van der Waals surface area contributed by atoms with Crippen LogP contribution in [0, 0.1) is 5.41 Å². The maximum atomic E-state index is 13.4. The van der Waals surface area contributed by atoms with Gasteiger partial charge >= 0.3 is 6.09 Å². The zero-order chi connectivity index (χ0) is 33.0. The number of hydrogen-bond acceptors (Lipinski definition) is 9. The fraction of sp³-hybridized carbons (Fsp3) is 0.528. The Morgan fingerprint density at radius 2 is 1.90 bits per heavy atom. The second kappa shape index (κ2) is 12.4. The quantitative estimate of drug-likeness (QED) is 0.234. The first-order chi connectivity index (χ1) is 23.2. The van der Waals surface area contributed by atoms with Gasteiger partial charge in [-0.3, -0.25) is 4.98 Å². The summed E-state index contributed by atoms with van der Waals surface area (Å²) in [5.74, 6) is 0.654. The summed E-state index contributed by atoms with van der Waals surface area (Å²) >= 11 is 3.93. The van der Waals surface area contributed by atoms with Crippen LogP contribution in [0.25, 0.3) is 11.2 Å². The van der Waals surface area contributed by atoms with Crippen LogP contribution in [0.5, 0.6) is 0 Å². The van der Waals surface area contributed by atoms with E-state index in [0.29, 0.717) is 11.2 Å². The van der Waals surface area contributed by atoms with E-state index in [1.165, 1.54) is 0 Å². The van der Waals surface area contributed by atoms with Gasteiger partial charge in [0.1, 0.15) is 10.2 Å². The molecule has 11 nitrogen and oxygen atoms in total. The largest absolute Gasteiger partial charge is 0.444 e. The van der Waals surface area contributed by atoms with Gasteiger partial charge in [0, 0.05) is 30.7 Å². The van der Waals surface area contributed by atoms with Crippen molar-refractivity contribution in [2.75, 3.05) is 31.1 Å². The molecule has 0 radical (unpaired) electrons. The monoisotopic (exact) mass is 714 g/mol. The number of amides is 1. The van der Waals surface area contributed by atoms with Crippen molar-refractivity contribution in [2.24, 2.45) is 5.41 Å². The summed E-state index contributed by atoms with van der Waals surface area (Å²) in [5.41, 5.74) is 5.77. The minimum Gasteiger partial charge on any atom is -0.444 e. The molecule has 1 amide bonds. The lowest BCUT2D eigenvalue weighted by Gasteiger charge is -2.44. The summed E-state index contributed by atoms with van der Waals surface area (Å²) in [5, 5.41) is 12.1. The number of hydrogen-bond donors (Lipinski definition) is 2. The number of rotatable bonds is 4. The van der Waals surface area contributed by atoms with E-state index < -0.39 is 11.7 Å². The molecule has 4 aliphatic rings. The smallest absolute Gasteiger partial charge is 0.408 e. The van der Waals surface area contributed by atoms with Crippen molar-refractivity contribution in [3.05, 3.63) is 69.7 Å². The molecule has 48 heavy (non-hydrogen) atoms. The highest BCUT2D eigenvalue weighted by Gasteiger charge is 2.56. The minimum absolute atomic E-state index is 0.124. The Labute approximate surface area is 289 Å². The predicted octanol–water partition coefficient (Wildman–Crippen LogP) is 6.85. The Balaban J connectivity index is 1.29. The lowest BCUT2D eigenvalue weighted by Crippen LogP contribution is -2.48. The molecule has 3 aliphatic heterocycles. The molecule has 2 unspecified atom stereocenters. The number of pyridine rings is 1. The van der Waals surface area contributed by atoms with Gasteiger partial charge in [-0.2, -0.15) is 0 Å². The fourth-order valence-electron chi connectivity index (χ4n) is 8.38. The van der Waals surface area contributed by atoms with E-state index in [9.17, 15) is 4.79 Å². The van der Waals surface area contributed by atoms with Gasteiger partial charge in [-0.15, -0.1) is 5.10 Å². The third-order valence-electron chi connectivity index (χ3n) is 10.4. The van der Waals surface area contributed by atoms with E-state index >= 15 is 0 Å². The molecule has 1 aromatic carbocycles. The van der Waals surface area contributed by atoms with Crippen LogP contribution in [0.3, 0.4) is 0 Å². The molecule has 2 N–H and O–H groups in total. The van der Waals surface area contributed by atoms with E-state index in [-0.39, 0.29) is 23.6 Å². The number of fused-ring (bicyclic) bond motifs is 3. The van der Waals surface area contributed by atoms with Crippen LogP contribution in [0.4, 0.5) is 16.3 Å². The molecule has 0 saturated carbocycles. The number of carbonyl (C=O) groups is 1. The lowest BCUT2D eigenvalue weighted by atomic mass is 9.66. The number of carbonyl (C=O) groups excluding carboxylic acids is 1. The number of anilines is 2. The molecule has 1 spiro atoms. The van der Waals surface area contributed by atoms with Gasteiger partial charge in [-0.25, -0.2) is 19.4 Å². The second-order valence-corrected chi connectivity index (χ2v) is 15.3. The maximum absolute atomic E-state index is 13.4. The van der Waals surface area contributed by atoms with Gasteiger partial charge in [-0.05, 0) is 118 Å². The highest BCUT2D eigenvalue weighted by Crippen LogP contribution is 2.61. The van der Waals surface area contributed by atoms with Crippen LogP contribution in [-0.4, -0.2) is 62.7 Å². The highest BCUT2D eigenvalue weighted by atomic mass is 79.9. The number of nitrogens with one attached hydrogen (secondary N) is 2. The summed E-state index contributed by atoms with van der Waals surface area (Å²) in [7, 11) is 0. The maximum Gasteiger partial charge on any atom is 0.408 e. The van der Waals surface area contributed by atoms with Crippen LogP contribution in [-0.2, 0) is 15.9 Å². The van der Waals surface area contributed by atoms with Crippen molar-refractivity contribution in [2.45, 2.75) is 89.5 Å². The second-order valence-electron chi connectivity index (χ2n) is 14.5. The number of benzene rings is 1. The number of aromatic nitrogens is 5. The SMILES string of the molecule is CC(C)(C)OC(=O)N[C@@H]1c2ccccc2C(c2nc3c(nc2Br)c(N2CCCc4ncccc42)nn3C2CCCCO2)C12CCNCC2. The van der Waals surface area contributed by atoms with Crippen LogP contribution in [0.15, 0.2) is 47.2 Å². The Morgan fingerprint density at radius 3 is 2.67 bits per heavy atom. The van der Waals surface area contributed by atoms with Crippen LogP contribution < -0.4 is 15.5 Å². The molecule has 2 fully saturated rings. The Hall–Kier alpha value is -3.61. The number of piperidine rings is 1. The molecular weight excluding hydrogens is 672 g/mol. The lowest BCUT2D eigenvalue weighted by molar-refractivity contribution is -0.0369. The number of aryl methyl sites for hydroxylation is 1. The van der Waals surface area contributed by atoms with Crippen LogP contribution >= 0.6 is 15.9 Å². The fourth-order valence-corrected chi connectivity index (χ4v) is 8.87. The van der Waals surface area contributed by atoms with E-state index in [1.807, 2.05) is 37.7 Å². The standard InChI is InChI=1S/C36H43BrN8O3/c1-35(2,3)48-34(46)42-30-23-11-5-4-10-22(23)27(36(30)15-18-38-19-16-36)28-31(37)40-29-32(41-28)45(26-14-6-7-21-47-26)43-33(29)44-20-9-12-24-25(44)13-8-17-39-24/h4-5,8,10-11,13,17,26-27,30,38H,6-7,9,12,14-16,18-21H2,1-3H3,(H,42,46)/t26?,27?,30-/m1/s1. The molecule has 12 heteroatoms. The van der Waals surface area contributed by atoms with Crippen LogP contribution in [0.2, 0.25) is 0 Å². The third kappa shape index (κ3) is 5.45. The first-order valence-electron chi connectivity index (χ1n) is 17.3. The molecule has 2 saturated heterocycles. The molecule has 3 atom stereocenters. The van der Waals surface area contributed by atoms with Gasteiger partial charge in [0.2, 0.25) is 0 Å². The normalized spacial score (nSPS) is 23.6. The molecule has 1 aliphatic carbocycles. The van der Waals surface area contributed by atoms with Crippen molar-refractivity contribution in [1.82, 2.24) is 35.4 Å². The van der Waals surface area contributed by atoms with Crippen molar-refractivity contribution < 1.29 is 14.3 Å². The van der Waals surface area contributed by atoms with Crippen LogP contribution in [0.1, 0.15) is 100.0 Å². The average Bonchev–Trinajstić information content (AvgIpc) is 3.56.